The Kier molecular flexibility index (Phi) is 3.18. The molecule has 0 aliphatic carbocycles. The van der Waals surface area contributed by atoms with E-state index in [9.17, 15) is 4.79 Å². The van der Waals surface area contributed by atoms with Crippen LogP contribution >= 0.6 is 0 Å². The van der Waals surface area contributed by atoms with Gasteiger partial charge in [-0.15, -0.1) is 0 Å². The maximum Gasteiger partial charge on any atom is 0.339 e. The number of hydrogen-bond acceptors (Lipinski definition) is 3. The standard InChI is InChI=1S/C12H16N4O2/c1-8-11(12(17)18)9(2)16(14-8)7-5-10-4-6-13-15(10)3/h4,6H,5,7H2,1-3H3,(H,17,18). The minimum absolute atomic E-state index is 0.306. The molecule has 18 heavy (non-hydrogen) atoms. The Balaban J connectivity index is 2.18. The third-order valence-electron chi connectivity index (χ3n) is 3.10. The summed E-state index contributed by atoms with van der Waals surface area (Å²) < 4.78 is 3.55. The van der Waals surface area contributed by atoms with E-state index in [0.717, 1.165) is 12.1 Å². The predicted molar refractivity (Wildman–Crippen MR) is 65.6 cm³/mol. The van der Waals surface area contributed by atoms with Gasteiger partial charge in [0.15, 0.2) is 0 Å². The summed E-state index contributed by atoms with van der Waals surface area (Å²) >= 11 is 0. The van der Waals surface area contributed by atoms with Crippen molar-refractivity contribution in [1.82, 2.24) is 19.6 Å². The molecule has 1 N–H and O–H groups in total. The molecule has 6 heteroatoms. The summed E-state index contributed by atoms with van der Waals surface area (Å²) in [5, 5.41) is 17.5. The number of carboxylic acid groups (broad SMARTS) is 1. The Labute approximate surface area is 105 Å². The Hall–Kier alpha value is -2.11. The smallest absolute Gasteiger partial charge is 0.339 e. The number of aromatic nitrogens is 4. The van der Waals surface area contributed by atoms with Gasteiger partial charge in [-0.05, 0) is 19.9 Å². The molecule has 0 fully saturated rings. The monoisotopic (exact) mass is 248 g/mol. The first-order valence-electron chi connectivity index (χ1n) is 5.75. The van der Waals surface area contributed by atoms with E-state index in [2.05, 4.69) is 10.2 Å². The Morgan fingerprint density at radius 2 is 2.17 bits per heavy atom. The summed E-state index contributed by atoms with van der Waals surface area (Å²) in [4.78, 5) is 11.1. The van der Waals surface area contributed by atoms with Crippen LogP contribution < -0.4 is 0 Å². The van der Waals surface area contributed by atoms with E-state index in [1.807, 2.05) is 17.8 Å². The maximum absolute atomic E-state index is 11.1. The van der Waals surface area contributed by atoms with Crippen LogP contribution in [0, 0.1) is 13.8 Å². The third-order valence-corrected chi connectivity index (χ3v) is 3.10. The van der Waals surface area contributed by atoms with Crippen LogP contribution in [-0.2, 0) is 20.0 Å². The van der Waals surface area contributed by atoms with Gasteiger partial charge in [0.25, 0.3) is 0 Å². The second-order valence-corrected chi connectivity index (χ2v) is 4.27. The Bertz CT molecular complexity index is 583. The highest BCUT2D eigenvalue weighted by atomic mass is 16.4. The van der Waals surface area contributed by atoms with E-state index in [-0.39, 0.29) is 0 Å². The maximum atomic E-state index is 11.1. The van der Waals surface area contributed by atoms with E-state index in [0.29, 0.717) is 23.5 Å². The molecule has 2 aromatic heterocycles. The van der Waals surface area contributed by atoms with Gasteiger partial charge in [0.05, 0.1) is 11.4 Å². The zero-order valence-corrected chi connectivity index (χ0v) is 10.7. The van der Waals surface area contributed by atoms with Gasteiger partial charge in [-0.1, -0.05) is 0 Å². The highest BCUT2D eigenvalue weighted by molar-refractivity contribution is 5.90. The summed E-state index contributed by atoms with van der Waals surface area (Å²) in [6.45, 7) is 4.16. The second kappa shape index (κ2) is 4.64. The number of hydrogen-bond donors (Lipinski definition) is 1. The van der Waals surface area contributed by atoms with Gasteiger partial charge in [-0.3, -0.25) is 9.36 Å². The van der Waals surface area contributed by atoms with Crippen molar-refractivity contribution in [3.05, 3.63) is 34.9 Å². The number of aryl methyl sites for hydroxylation is 4. The lowest BCUT2D eigenvalue weighted by molar-refractivity contribution is 0.0695. The van der Waals surface area contributed by atoms with Crippen molar-refractivity contribution in [3.8, 4) is 0 Å². The first kappa shape index (κ1) is 12.3. The molecule has 0 aliphatic heterocycles. The molecular weight excluding hydrogens is 232 g/mol. The number of carbonyl (C=O) groups is 1. The Morgan fingerprint density at radius 1 is 1.44 bits per heavy atom. The average Bonchev–Trinajstić information content (AvgIpc) is 2.80. The van der Waals surface area contributed by atoms with Crippen LogP contribution in [0.5, 0.6) is 0 Å². The molecule has 0 aliphatic rings. The molecule has 2 heterocycles. The molecule has 0 spiro atoms. The molecule has 0 unspecified atom stereocenters. The van der Waals surface area contributed by atoms with Gasteiger partial charge < -0.3 is 5.11 Å². The van der Waals surface area contributed by atoms with E-state index >= 15 is 0 Å². The minimum Gasteiger partial charge on any atom is -0.478 e. The first-order chi connectivity index (χ1) is 8.50. The van der Waals surface area contributed by atoms with Crippen LogP contribution in [0.2, 0.25) is 0 Å². The quantitative estimate of drug-likeness (QED) is 0.881. The fourth-order valence-electron chi connectivity index (χ4n) is 2.09. The van der Waals surface area contributed by atoms with Crippen LogP contribution in [0.4, 0.5) is 0 Å². The number of aromatic carboxylic acids is 1. The molecule has 0 saturated heterocycles. The second-order valence-electron chi connectivity index (χ2n) is 4.27. The fraction of sp³-hybridized carbons (Fsp3) is 0.417. The van der Waals surface area contributed by atoms with Gasteiger partial charge in [-0.25, -0.2) is 4.79 Å². The van der Waals surface area contributed by atoms with Gasteiger partial charge in [0, 0.05) is 31.9 Å². The lowest BCUT2D eigenvalue weighted by atomic mass is 10.2. The van der Waals surface area contributed by atoms with Crippen LogP contribution in [0.15, 0.2) is 12.3 Å². The van der Waals surface area contributed by atoms with E-state index in [1.165, 1.54) is 0 Å². The molecule has 0 bridgehead atoms. The summed E-state index contributed by atoms with van der Waals surface area (Å²) in [6, 6.07) is 1.95. The molecule has 0 atom stereocenters. The zero-order chi connectivity index (χ0) is 13.3. The third kappa shape index (κ3) is 2.13. The molecule has 96 valence electrons. The van der Waals surface area contributed by atoms with Crippen LogP contribution in [0.25, 0.3) is 0 Å². The number of rotatable bonds is 4. The van der Waals surface area contributed by atoms with Crippen molar-refractivity contribution in [1.29, 1.82) is 0 Å². The highest BCUT2D eigenvalue weighted by Gasteiger charge is 2.17. The topological polar surface area (TPSA) is 72.9 Å². The SMILES string of the molecule is Cc1nn(CCc2ccnn2C)c(C)c1C(=O)O. The summed E-state index contributed by atoms with van der Waals surface area (Å²) in [5.74, 6) is -0.920. The molecule has 0 amide bonds. The number of nitrogens with zero attached hydrogens (tertiary/aromatic N) is 4. The highest BCUT2D eigenvalue weighted by Crippen LogP contribution is 2.13. The summed E-state index contributed by atoms with van der Waals surface area (Å²) in [7, 11) is 1.89. The van der Waals surface area contributed by atoms with Crippen molar-refractivity contribution in [2.45, 2.75) is 26.8 Å². The van der Waals surface area contributed by atoms with Gasteiger partial charge in [-0.2, -0.15) is 10.2 Å². The van der Waals surface area contributed by atoms with Gasteiger partial charge in [0.2, 0.25) is 0 Å². The Morgan fingerprint density at radius 3 is 2.67 bits per heavy atom. The number of carboxylic acids is 1. The zero-order valence-electron chi connectivity index (χ0n) is 10.7. The summed E-state index contributed by atoms with van der Waals surface area (Å²) in [6.07, 6.45) is 2.52. The molecule has 2 rings (SSSR count). The van der Waals surface area contributed by atoms with Crippen LogP contribution in [0.1, 0.15) is 27.4 Å². The molecule has 0 aromatic carbocycles. The van der Waals surface area contributed by atoms with Gasteiger partial charge in [0.1, 0.15) is 5.56 Å². The molecule has 2 aromatic rings. The largest absolute Gasteiger partial charge is 0.478 e. The van der Waals surface area contributed by atoms with Crippen molar-refractivity contribution in [2.24, 2.45) is 7.05 Å². The molecule has 0 radical (unpaired) electrons. The van der Waals surface area contributed by atoms with Crippen LogP contribution in [0.3, 0.4) is 0 Å². The van der Waals surface area contributed by atoms with Crippen molar-refractivity contribution >= 4 is 5.97 Å². The predicted octanol–water partition coefficient (Wildman–Crippen LogP) is 1.17. The van der Waals surface area contributed by atoms with Crippen LogP contribution in [-0.4, -0.2) is 30.6 Å². The molecular formula is C12H16N4O2. The van der Waals surface area contributed by atoms with E-state index in [1.54, 1.807) is 24.7 Å². The lowest BCUT2D eigenvalue weighted by Gasteiger charge is -2.05. The van der Waals surface area contributed by atoms with Gasteiger partial charge >= 0.3 is 5.97 Å². The lowest BCUT2D eigenvalue weighted by Crippen LogP contribution is -2.09. The average molecular weight is 248 g/mol. The molecule has 0 saturated carbocycles. The molecule has 6 nitrogen and oxygen atoms in total. The normalized spacial score (nSPS) is 10.8. The minimum atomic E-state index is -0.920. The fourth-order valence-corrected chi connectivity index (χ4v) is 2.09. The van der Waals surface area contributed by atoms with E-state index < -0.39 is 5.97 Å². The van der Waals surface area contributed by atoms with Crippen molar-refractivity contribution < 1.29 is 9.90 Å². The van der Waals surface area contributed by atoms with Crippen molar-refractivity contribution in [3.63, 3.8) is 0 Å². The summed E-state index contributed by atoms with van der Waals surface area (Å²) in [5.41, 5.74) is 2.66. The first-order valence-corrected chi connectivity index (χ1v) is 5.75. The van der Waals surface area contributed by atoms with E-state index in [4.69, 9.17) is 5.11 Å². The van der Waals surface area contributed by atoms with Crippen molar-refractivity contribution in [2.75, 3.05) is 0 Å².